The molecule has 0 spiro atoms. The molecule has 0 saturated carbocycles. The lowest BCUT2D eigenvalue weighted by Crippen LogP contribution is -2.01. The first-order valence-corrected chi connectivity index (χ1v) is 5.36. The maximum atomic E-state index is 5.84. The maximum Gasteiger partial charge on any atom is 0.122 e. The van der Waals surface area contributed by atoms with Crippen molar-refractivity contribution in [1.29, 1.82) is 0 Å². The molecule has 0 bridgehead atoms. The Morgan fingerprint density at radius 3 is 2.87 bits per heavy atom. The van der Waals surface area contributed by atoms with E-state index < -0.39 is 0 Å². The monoisotopic (exact) mass is 266 g/mol. The molecular weight excluding hydrogens is 256 g/mol. The number of furan rings is 1. The van der Waals surface area contributed by atoms with Crippen LogP contribution in [0, 0.1) is 0 Å². The molecule has 0 aliphatic heterocycles. The van der Waals surface area contributed by atoms with E-state index in [0.29, 0.717) is 6.54 Å². The normalized spacial score (nSPS) is 10.2. The molecule has 4 heteroatoms. The fraction of sp³-hybridized carbons (Fsp3) is 0.0909. The van der Waals surface area contributed by atoms with E-state index in [1.54, 1.807) is 6.26 Å². The van der Waals surface area contributed by atoms with Crippen LogP contribution in [0.5, 0.6) is 0 Å². The van der Waals surface area contributed by atoms with Crippen molar-refractivity contribution in [1.82, 2.24) is 0 Å². The first-order valence-electron chi connectivity index (χ1n) is 4.57. The highest BCUT2D eigenvalue weighted by molar-refractivity contribution is 9.10. The summed E-state index contributed by atoms with van der Waals surface area (Å²) < 4.78 is 6.18. The Labute approximate surface area is 96.4 Å². The van der Waals surface area contributed by atoms with Crippen LogP contribution in [0.15, 0.2) is 45.5 Å². The minimum atomic E-state index is 0.638. The minimum Gasteiger partial charge on any atom is -0.467 e. The molecule has 15 heavy (non-hydrogen) atoms. The van der Waals surface area contributed by atoms with E-state index in [0.717, 1.165) is 21.6 Å². The van der Waals surface area contributed by atoms with Crippen LogP contribution in [-0.2, 0) is 6.54 Å². The predicted molar refractivity (Wildman–Crippen MR) is 64.6 cm³/mol. The Morgan fingerprint density at radius 1 is 1.33 bits per heavy atom. The molecule has 0 fully saturated rings. The van der Waals surface area contributed by atoms with Crippen LogP contribution < -0.4 is 11.1 Å². The van der Waals surface area contributed by atoms with E-state index in [1.807, 2.05) is 30.3 Å². The quantitative estimate of drug-likeness (QED) is 0.839. The van der Waals surface area contributed by atoms with Crippen molar-refractivity contribution in [3.63, 3.8) is 0 Å². The van der Waals surface area contributed by atoms with Gasteiger partial charge in [-0.3, -0.25) is 0 Å². The number of benzene rings is 1. The summed E-state index contributed by atoms with van der Waals surface area (Å²) in [5.41, 5.74) is 7.47. The fourth-order valence-corrected chi connectivity index (χ4v) is 1.67. The Morgan fingerprint density at radius 2 is 2.20 bits per heavy atom. The summed E-state index contributed by atoms with van der Waals surface area (Å²) in [5.74, 6) is 0.886. The van der Waals surface area contributed by atoms with Crippen molar-refractivity contribution in [3.05, 3.63) is 46.8 Å². The number of anilines is 2. The van der Waals surface area contributed by atoms with Gasteiger partial charge in [0.2, 0.25) is 0 Å². The summed E-state index contributed by atoms with van der Waals surface area (Å²) in [6.45, 7) is 0.638. The number of nitrogens with two attached hydrogens (primary N) is 1. The van der Waals surface area contributed by atoms with Crippen LogP contribution in [0.3, 0.4) is 0 Å². The zero-order valence-corrected chi connectivity index (χ0v) is 9.62. The summed E-state index contributed by atoms with van der Waals surface area (Å²) in [6.07, 6.45) is 1.65. The second-order valence-corrected chi connectivity index (χ2v) is 4.08. The molecule has 3 N–H and O–H groups in total. The van der Waals surface area contributed by atoms with Crippen LogP contribution in [-0.4, -0.2) is 0 Å². The molecule has 0 radical (unpaired) electrons. The molecule has 0 aliphatic carbocycles. The Hall–Kier alpha value is -1.42. The number of nitrogen functional groups attached to an aromatic ring is 1. The van der Waals surface area contributed by atoms with Crippen molar-refractivity contribution in [3.8, 4) is 0 Å². The Kier molecular flexibility index (Phi) is 2.97. The van der Waals surface area contributed by atoms with Gasteiger partial charge in [0.25, 0.3) is 0 Å². The van der Waals surface area contributed by atoms with E-state index in [-0.39, 0.29) is 0 Å². The Bertz CT molecular complexity index is 440. The van der Waals surface area contributed by atoms with Crippen molar-refractivity contribution in [2.45, 2.75) is 6.54 Å². The highest BCUT2D eigenvalue weighted by atomic mass is 79.9. The summed E-state index contributed by atoms with van der Waals surface area (Å²) in [5, 5.41) is 3.20. The number of hydrogen-bond acceptors (Lipinski definition) is 3. The molecule has 1 aromatic heterocycles. The summed E-state index contributed by atoms with van der Waals surface area (Å²) in [6, 6.07) is 9.53. The van der Waals surface area contributed by atoms with Crippen molar-refractivity contribution >= 4 is 27.3 Å². The smallest absolute Gasteiger partial charge is 0.122 e. The largest absolute Gasteiger partial charge is 0.467 e. The third-order valence-corrected chi connectivity index (χ3v) is 2.54. The van der Waals surface area contributed by atoms with Gasteiger partial charge in [-0.25, -0.2) is 0 Å². The van der Waals surface area contributed by atoms with E-state index in [4.69, 9.17) is 10.2 Å². The number of nitrogens with one attached hydrogen (secondary N) is 1. The molecule has 2 aromatic rings. The van der Waals surface area contributed by atoms with Gasteiger partial charge in [0.1, 0.15) is 5.76 Å². The van der Waals surface area contributed by atoms with E-state index in [2.05, 4.69) is 21.2 Å². The molecule has 0 saturated heterocycles. The highest BCUT2D eigenvalue weighted by Crippen LogP contribution is 2.23. The molecule has 1 aromatic carbocycles. The summed E-state index contributed by atoms with van der Waals surface area (Å²) >= 11 is 3.36. The summed E-state index contributed by atoms with van der Waals surface area (Å²) in [4.78, 5) is 0. The van der Waals surface area contributed by atoms with Crippen LogP contribution in [0.4, 0.5) is 11.4 Å². The molecule has 0 amide bonds. The lowest BCUT2D eigenvalue weighted by atomic mass is 10.2. The zero-order chi connectivity index (χ0) is 10.7. The average molecular weight is 267 g/mol. The van der Waals surface area contributed by atoms with Gasteiger partial charge in [-0.05, 0) is 30.3 Å². The second kappa shape index (κ2) is 4.40. The molecule has 2 rings (SSSR count). The third kappa shape index (κ3) is 2.53. The van der Waals surface area contributed by atoms with Crippen LogP contribution in [0.25, 0.3) is 0 Å². The van der Waals surface area contributed by atoms with Gasteiger partial charge in [0.15, 0.2) is 0 Å². The van der Waals surface area contributed by atoms with Crippen molar-refractivity contribution in [2.75, 3.05) is 11.1 Å². The van der Waals surface area contributed by atoms with Crippen LogP contribution in [0.2, 0.25) is 0 Å². The summed E-state index contributed by atoms with van der Waals surface area (Å²) in [7, 11) is 0. The molecular formula is C11H11BrN2O. The number of halogens is 1. The fourth-order valence-electron chi connectivity index (χ4n) is 1.29. The number of hydrogen-bond donors (Lipinski definition) is 2. The van der Waals surface area contributed by atoms with Gasteiger partial charge in [0.05, 0.1) is 24.2 Å². The number of rotatable bonds is 3. The third-order valence-electron chi connectivity index (χ3n) is 2.05. The maximum absolute atomic E-state index is 5.84. The zero-order valence-electron chi connectivity index (χ0n) is 8.03. The van der Waals surface area contributed by atoms with Gasteiger partial charge in [-0.2, -0.15) is 0 Å². The average Bonchev–Trinajstić information content (AvgIpc) is 2.69. The lowest BCUT2D eigenvalue weighted by Gasteiger charge is -2.07. The molecule has 3 nitrogen and oxygen atoms in total. The van der Waals surface area contributed by atoms with E-state index in [1.165, 1.54) is 0 Å². The standard InChI is InChI=1S/C11H11BrN2O/c12-8-3-4-11(10(13)6-8)14-7-9-2-1-5-15-9/h1-6,14H,7,13H2. The first-order chi connectivity index (χ1) is 7.25. The van der Waals surface area contributed by atoms with Gasteiger partial charge >= 0.3 is 0 Å². The second-order valence-electron chi connectivity index (χ2n) is 3.16. The van der Waals surface area contributed by atoms with Gasteiger partial charge in [-0.1, -0.05) is 15.9 Å². The van der Waals surface area contributed by atoms with Gasteiger partial charge in [-0.15, -0.1) is 0 Å². The lowest BCUT2D eigenvalue weighted by molar-refractivity contribution is 0.518. The molecule has 78 valence electrons. The van der Waals surface area contributed by atoms with Gasteiger partial charge < -0.3 is 15.5 Å². The first kappa shape index (κ1) is 10.1. The SMILES string of the molecule is Nc1cc(Br)ccc1NCc1ccco1. The van der Waals surface area contributed by atoms with Crippen molar-refractivity contribution < 1.29 is 4.42 Å². The Balaban J connectivity index is 2.05. The minimum absolute atomic E-state index is 0.638. The van der Waals surface area contributed by atoms with Crippen LogP contribution in [0.1, 0.15) is 5.76 Å². The molecule has 0 atom stereocenters. The topological polar surface area (TPSA) is 51.2 Å². The predicted octanol–water partition coefficient (Wildman–Crippen LogP) is 3.24. The molecule has 1 heterocycles. The van der Waals surface area contributed by atoms with E-state index in [9.17, 15) is 0 Å². The highest BCUT2D eigenvalue weighted by Gasteiger charge is 2.00. The molecule has 0 aliphatic rings. The molecule has 0 unspecified atom stereocenters. The van der Waals surface area contributed by atoms with Crippen molar-refractivity contribution in [2.24, 2.45) is 0 Å². The van der Waals surface area contributed by atoms with Gasteiger partial charge in [0, 0.05) is 4.47 Å². The van der Waals surface area contributed by atoms with Crippen LogP contribution >= 0.6 is 15.9 Å². The van der Waals surface area contributed by atoms with E-state index >= 15 is 0 Å².